The van der Waals surface area contributed by atoms with E-state index >= 15 is 0 Å². The van der Waals surface area contributed by atoms with Crippen LogP contribution in [-0.2, 0) is 6.54 Å². The van der Waals surface area contributed by atoms with Crippen LogP contribution >= 0.6 is 11.6 Å². The number of halogens is 1. The quantitative estimate of drug-likeness (QED) is 0.598. The molecule has 0 bridgehead atoms. The SMILES string of the molecule is CN(C=N)C(=N)c1cc(Cl)ccc1-c1ccc2c(c1)C(=O)NC2. The van der Waals surface area contributed by atoms with E-state index < -0.39 is 0 Å². The molecule has 2 aromatic rings. The van der Waals surface area contributed by atoms with Crippen molar-refractivity contribution >= 4 is 29.7 Å². The molecule has 6 heteroatoms. The molecule has 116 valence electrons. The summed E-state index contributed by atoms with van der Waals surface area (Å²) in [5, 5.41) is 18.9. The molecule has 0 atom stereocenters. The van der Waals surface area contributed by atoms with Crippen LogP contribution < -0.4 is 5.32 Å². The van der Waals surface area contributed by atoms with Crippen molar-refractivity contribution in [2.24, 2.45) is 0 Å². The number of hydrogen-bond acceptors (Lipinski definition) is 3. The molecule has 3 N–H and O–H groups in total. The molecule has 0 fully saturated rings. The van der Waals surface area contributed by atoms with Gasteiger partial charge in [-0.05, 0) is 34.9 Å². The number of carbonyl (C=O) groups is 1. The van der Waals surface area contributed by atoms with Gasteiger partial charge in [-0.2, -0.15) is 0 Å². The lowest BCUT2D eigenvalue weighted by Crippen LogP contribution is -2.25. The van der Waals surface area contributed by atoms with Gasteiger partial charge in [-0.1, -0.05) is 29.8 Å². The standard InChI is InChI=1S/C17H15ClN4O/c1-22(9-19)16(20)15-7-12(18)4-5-13(15)10-2-3-11-8-21-17(23)14(11)6-10/h2-7,9,19-20H,8H2,1H3,(H,21,23). The van der Waals surface area contributed by atoms with Crippen molar-refractivity contribution in [2.75, 3.05) is 7.05 Å². The second kappa shape index (κ2) is 5.85. The zero-order valence-corrected chi connectivity index (χ0v) is 13.2. The van der Waals surface area contributed by atoms with Gasteiger partial charge in [0.05, 0.1) is 6.34 Å². The van der Waals surface area contributed by atoms with Crippen molar-refractivity contribution in [1.82, 2.24) is 10.2 Å². The van der Waals surface area contributed by atoms with Crippen LogP contribution in [0.5, 0.6) is 0 Å². The fraction of sp³-hybridized carbons (Fsp3) is 0.118. The first-order chi connectivity index (χ1) is 11.0. The fourth-order valence-corrected chi connectivity index (χ4v) is 2.77. The highest BCUT2D eigenvalue weighted by molar-refractivity contribution is 6.31. The molecule has 0 aromatic heterocycles. The molecule has 3 rings (SSSR count). The minimum atomic E-state index is -0.0796. The highest BCUT2D eigenvalue weighted by Gasteiger charge is 2.20. The van der Waals surface area contributed by atoms with Gasteiger partial charge in [0.2, 0.25) is 0 Å². The van der Waals surface area contributed by atoms with Crippen molar-refractivity contribution in [3.8, 4) is 11.1 Å². The Labute approximate surface area is 138 Å². The molecule has 0 radical (unpaired) electrons. The monoisotopic (exact) mass is 326 g/mol. The Balaban J connectivity index is 2.14. The van der Waals surface area contributed by atoms with Crippen molar-refractivity contribution in [1.29, 1.82) is 10.8 Å². The predicted octanol–water partition coefficient (Wildman–Crippen LogP) is 3.11. The van der Waals surface area contributed by atoms with E-state index in [1.165, 1.54) is 4.90 Å². The summed E-state index contributed by atoms with van der Waals surface area (Å²) in [5.41, 5.74) is 3.89. The molecular weight excluding hydrogens is 312 g/mol. The van der Waals surface area contributed by atoms with Gasteiger partial charge in [-0.3, -0.25) is 15.6 Å². The molecule has 23 heavy (non-hydrogen) atoms. The van der Waals surface area contributed by atoms with Gasteiger partial charge in [0.1, 0.15) is 5.84 Å². The molecule has 1 heterocycles. The van der Waals surface area contributed by atoms with Crippen molar-refractivity contribution in [3.05, 3.63) is 58.1 Å². The lowest BCUT2D eigenvalue weighted by Gasteiger charge is -2.18. The number of benzene rings is 2. The third-order valence-corrected chi connectivity index (χ3v) is 4.12. The normalized spacial score (nSPS) is 12.5. The average molecular weight is 327 g/mol. The zero-order valence-electron chi connectivity index (χ0n) is 12.5. The minimum absolute atomic E-state index is 0.0796. The summed E-state index contributed by atoms with van der Waals surface area (Å²) in [6.07, 6.45) is 1.07. The largest absolute Gasteiger partial charge is 0.348 e. The van der Waals surface area contributed by atoms with Gasteiger partial charge in [-0.15, -0.1) is 0 Å². The van der Waals surface area contributed by atoms with Crippen molar-refractivity contribution in [3.63, 3.8) is 0 Å². The van der Waals surface area contributed by atoms with Crippen LogP contribution in [-0.4, -0.2) is 30.0 Å². The van der Waals surface area contributed by atoms with Crippen LogP contribution in [0.4, 0.5) is 0 Å². The number of amides is 1. The van der Waals surface area contributed by atoms with Gasteiger partial charge in [0.15, 0.2) is 0 Å². The van der Waals surface area contributed by atoms with Crippen LogP contribution in [0.25, 0.3) is 11.1 Å². The first kappa shape index (κ1) is 15.2. The summed E-state index contributed by atoms with van der Waals surface area (Å²) in [4.78, 5) is 13.3. The summed E-state index contributed by atoms with van der Waals surface area (Å²) in [7, 11) is 1.64. The number of nitrogens with one attached hydrogen (secondary N) is 3. The van der Waals surface area contributed by atoms with Gasteiger partial charge in [-0.25, -0.2) is 0 Å². The van der Waals surface area contributed by atoms with Crippen LogP contribution in [0, 0.1) is 10.8 Å². The van der Waals surface area contributed by atoms with Crippen molar-refractivity contribution < 1.29 is 4.79 Å². The van der Waals surface area contributed by atoms with Crippen molar-refractivity contribution in [2.45, 2.75) is 6.54 Å². The minimum Gasteiger partial charge on any atom is -0.348 e. The van der Waals surface area contributed by atoms with Crippen LogP contribution in [0.1, 0.15) is 21.5 Å². The Morgan fingerprint density at radius 3 is 2.78 bits per heavy atom. The number of fused-ring (bicyclic) bond motifs is 1. The fourth-order valence-electron chi connectivity index (χ4n) is 2.60. The van der Waals surface area contributed by atoms with Crippen LogP contribution in [0.2, 0.25) is 5.02 Å². The molecule has 0 saturated carbocycles. The van der Waals surface area contributed by atoms with E-state index in [1.54, 1.807) is 19.2 Å². The number of carbonyl (C=O) groups excluding carboxylic acids is 1. The Morgan fingerprint density at radius 1 is 1.26 bits per heavy atom. The Kier molecular flexibility index (Phi) is 3.88. The van der Waals surface area contributed by atoms with E-state index in [2.05, 4.69) is 5.32 Å². The molecular formula is C17H15ClN4O. The topological polar surface area (TPSA) is 80.0 Å². The lowest BCUT2D eigenvalue weighted by molar-refractivity contribution is 0.0966. The van der Waals surface area contributed by atoms with E-state index in [1.807, 2.05) is 24.3 Å². The second-order valence-electron chi connectivity index (χ2n) is 5.33. The summed E-state index contributed by atoms with van der Waals surface area (Å²) < 4.78 is 0. The van der Waals surface area contributed by atoms with E-state index in [0.29, 0.717) is 22.7 Å². The summed E-state index contributed by atoms with van der Waals surface area (Å²) in [5.74, 6) is 0.0894. The maximum absolute atomic E-state index is 11.9. The number of rotatable bonds is 3. The Hall–Kier alpha value is -2.66. The molecule has 0 saturated heterocycles. The first-order valence-electron chi connectivity index (χ1n) is 7.04. The smallest absolute Gasteiger partial charge is 0.251 e. The second-order valence-corrected chi connectivity index (χ2v) is 5.77. The molecule has 0 spiro atoms. The van der Waals surface area contributed by atoms with Gasteiger partial charge >= 0.3 is 0 Å². The summed E-state index contributed by atoms with van der Waals surface area (Å²) >= 11 is 6.08. The highest BCUT2D eigenvalue weighted by Crippen LogP contribution is 2.30. The average Bonchev–Trinajstić information content (AvgIpc) is 2.94. The predicted molar refractivity (Wildman–Crippen MR) is 91.4 cm³/mol. The zero-order chi connectivity index (χ0) is 16.6. The van der Waals surface area contributed by atoms with E-state index in [0.717, 1.165) is 23.0 Å². The molecule has 0 unspecified atom stereocenters. The molecule has 1 amide bonds. The number of amidine groups is 1. The van der Waals surface area contributed by atoms with E-state index in [4.69, 9.17) is 22.4 Å². The highest BCUT2D eigenvalue weighted by atomic mass is 35.5. The Bertz CT molecular complexity index is 831. The third-order valence-electron chi connectivity index (χ3n) is 3.89. The third kappa shape index (κ3) is 2.71. The number of nitrogens with zero attached hydrogens (tertiary/aromatic N) is 1. The summed E-state index contributed by atoms with van der Waals surface area (Å²) in [6.45, 7) is 0.550. The Morgan fingerprint density at radius 2 is 2.04 bits per heavy atom. The maximum atomic E-state index is 11.9. The van der Waals surface area contributed by atoms with Crippen LogP contribution in [0.15, 0.2) is 36.4 Å². The molecule has 1 aliphatic rings. The van der Waals surface area contributed by atoms with Gasteiger partial charge < -0.3 is 10.2 Å². The maximum Gasteiger partial charge on any atom is 0.251 e. The summed E-state index contributed by atoms with van der Waals surface area (Å²) in [6, 6.07) is 11.0. The van der Waals surface area contributed by atoms with E-state index in [9.17, 15) is 4.79 Å². The lowest BCUT2D eigenvalue weighted by atomic mass is 9.95. The van der Waals surface area contributed by atoms with Gasteiger partial charge in [0, 0.05) is 29.7 Å². The van der Waals surface area contributed by atoms with Gasteiger partial charge in [0.25, 0.3) is 5.91 Å². The molecule has 2 aromatic carbocycles. The van der Waals surface area contributed by atoms with E-state index in [-0.39, 0.29) is 11.7 Å². The number of hydrogen-bond donors (Lipinski definition) is 3. The molecule has 1 aliphatic heterocycles. The first-order valence-corrected chi connectivity index (χ1v) is 7.42. The molecule has 5 nitrogen and oxygen atoms in total. The molecule has 0 aliphatic carbocycles. The van der Waals surface area contributed by atoms with Crippen LogP contribution in [0.3, 0.4) is 0 Å².